The number of nitrogens with one attached hydrogen (secondary N) is 1. The number of nitro benzene ring substituents is 1. The molecule has 1 saturated heterocycles. The van der Waals surface area contributed by atoms with E-state index in [1.165, 1.54) is 22.8 Å². The molecule has 7 heteroatoms. The smallest absolute Gasteiger partial charge is 0.294 e. The van der Waals surface area contributed by atoms with Gasteiger partial charge in [0.15, 0.2) is 0 Å². The Bertz CT molecular complexity index is 1580. The van der Waals surface area contributed by atoms with Crippen molar-refractivity contribution in [2.24, 2.45) is 11.3 Å². The second-order valence-corrected chi connectivity index (χ2v) is 13.6. The Morgan fingerprint density at radius 3 is 2.51 bits per heavy atom. The van der Waals surface area contributed by atoms with Crippen LogP contribution in [0.3, 0.4) is 0 Å². The quantitative estimate of drug-likeness (QED) is 0.175. The van der Waals surface area contributed by atoms with Crippen LogP contribution in [0.25, 0.3) is 0 Å². The number of amides is 2. The number of hydrogen-bond donors (Lipinski definition) is 1. The lowest BCUT2D eigenvalue weighted by atomic mass is 9.49. The summed E-state index contributed by atoms with van der Waals surface area (Å²) in [7, 11) is 0. The van der Waals surface area contributed by atoms with Gasteiger partial charge in [0.05, 0.1) is 16.5 Å². The fraction of sp³-hybridized carbons (Fsp3) is 0.444. The van der Waals surface area contributed by atoms with Crippen molar-refractivity contribution in [2.45, 2.75) is 83.5 Å². The molecular formula is C36H41N3O4. The van der Waals surface area contributed by atoms with Crippen molar-refractivity contribution in [3.63, 3.8) is 0 Å². The van der Waals surface area contributed by atoms with Crippen molar-refractivity contribution in [3.05, 3.63) is 99.1 Å². The number of carbonyl (C=O) groups is 2. The highest BCUT2D eigenvalue weighted by Crippen LogP contribution is 2.57. The van der Waals surface area contributed by atoms with Crippen LogP contribution in [0.2, 0.25) is 0 Å². The summed E-state index contributed by atoms with van der Waals surface area (Å²) >= 11 is 0. The first-order valence-electron chi connectivity index (χ1n) is 15.6. The van der Waals surface area contributed by atoms with Gasteiger partial charge in [-0.15, -0.1) is 0 Å². The Hall–Kier alpha value is -4.00. The van der Waals surface area contributed by atoms with Crippen molar-refractivity contribution < 1.29 is 14.5 Å². The van der Waals surface area contributed by atoms with E-state index in [2.05, 4.69) is 51.2 Å². The standard InChI is InChI=1S/C36H41N3O4/c1-23(2)25-11-14-29-26(19-25)12-16-32-35(3,17-8-18-36(29,32)4)22-37-30-15-13-27(20-31(30)39(42)43)38-33(40)21-28(34(38)41)24-9-6-5-7-10-24/h5-7,9-11,13-15,19-20,23,28,32,37H,8,12,16-18,21-22H2,1-4H3/t28-,32-,35+,36-/m1/s1. The molecule has 0 bridgehead atoms. The lowest BCUT2D eigenvalue weighted by molar-refractivity contribution is -0.383. The van der Waals surface area contributed by atoms with Crippen LogP contribution in [-0.4, -0.2) is 23.3 Å². The molecular weight excluding hydrogens is 538 g/mol. The summed E-state index contributed by atoms with van der Waals surface area (Å²) in [6.45, 7) is 9.86. The third kappa shape index (κ3) is 5.02. The topological polar surface area (TPSA) is 92.6 Å². The Morgan fingerprint density at radius 2 is 1.79 bits per heavy atom. The number of carbonyl (C=O) groups excluding carboxylic acids is 2. The largest absolute Gasteiger partial charge is 0.379 e. The molecule has 0 unspecified atom stereocenters. The summed E-state index contributed by atoms with van der Waals surface area (Å²) in [5.41, 5.74) is 5.68. The monoisotopic (exact) mass is 579 g/mol. The molecule has 0 spiro atoms. The Kier molecular flexibility index (Phi) is 7.39. The lowest BCUT2D eigenvalue weighted by Crippen LogP contribution is -2.51. The van der Waals surface area contributed by atoms with Gasteiger partial charge in [-0.3, -0.25) is 19.7 Å². The molecule has 7 nitrogen and oxygen atoms in total. The van der Waals surface area contributed by atoms with Gasteiger partial charge in [0.2, 0.25) is 11.8 Å². The first kappa shape index (κ1) is 29.1. The van der Waals surface area contributed by atoms with Gasteiger partial charge in [-0.2, -0.15) is 0 Å². The maximum absolute atomic E-state index is 13.3. The molecule has 2 fully saturated rings. The molecule has 3 aromatic rings. The van der Waals surface area contributed by atoms with Crippen molar-refractivity contribution in [1.29, 1.82) is 0 Å². The summed E-state index contributed by atoms with van der Waals surface area (Å²) in [4.78, 5) is 39.1. The van der Waals surface area contributed by atoms with E-state index in [1.54, 1.807) is 12.1 Å². The van der Waals surface area contributed by atoms with E-state index in [1.807, 2.05) is 30.3 Å². The molecule has 2 aliphatic carbocycles. The second-order valence-electron chi connectivity index (χ2n) is 13.6. The summed E-state index contributed by atoms with van der Waals surface area (Å²) < 4.78 is 0. The van der Waals surface area contributed by atoms with E-state index in [0.29, 0.717) is 24.1 Å². The maximum atomic E-state index is 13.3. The predicted molar refractivity (Wildman–Crippen MR) is 170 cm³/mol. The van der Waals surface area contributed by atoms with E-state index in [-0.39, 0.29) is 40.4 Å². The first-order valence-corrected chi connectivity index (χ1v) is 15.6. The number of hydrogen-bond acceptors (Lipinski definition) is 5. The van der Waals surface area contributed by atoms with Gasteiger partial charge in [-0.05, 0) is 82.7 Å². The van der Waals surface area contributed by atoms with Crippen molar-refractivity contribution >= 4 is 28.9 Å². The third-order valence-corrected chi connectivity index (χ3v) is 10.6. The molecule has 2 amide bonds. The van der Waals surface area contributed by atoms with Gasteiger partial charge < -0.3 is 5.32 Å². The van der Waals surface area contributed by atoms with E-state index >= 15 is 0 Å². The molecule has 1 saturated carbocycles. The summed E-state index contributed by atoms with van der Waals surface area (Å²) in [5.74, 6) is -0.319. The van der Waals surface area contributed by atoms with Crippen LogP contribution in [-0.2, 0) is 21.4 Å². The van der Waals surface area contributed by atoms with Crippen LogP contribution >= 0.6 is 0 Å². The maximum Gasteiger partial charge on any atom is 0.294 e. The molecule has 3 aliphatic rings. The van der Waals surface area contributed by atoms with E-state index in [0.717, 1.165) is 42.6 Å². The van der Waals surface area contributed by atoms with Crippen LogP contribution in [0.1, 0.15) is 93.9 Å². The summed E-state index contributed by atoms with van der Waals surface area (Å²) in [5, 5.41) is 15.7. The highest BCUT2D eigenvalue weighted by molar-refractivity contribution is 6.22. The third-order valence-electron chi connectivity index (χ3n) is 10.6. The molecule has 3 aromatic carbocycles. The minimum atomic E-state index is -0.580. The fourth-order valence-electron chi connectivity index (χ4n) is 8.32. The van der Waals surface area contributed by atoms with Gasteiger partial charge in [0.25, 0.3) is 5.69 Å². The summed E-state index contributed by atoms with van der Waals surface area (Å²) in [6.07, 6.45) is 5.53. The molecule has 4 atom stereocenters. The minimum Gasteiger partial charge on any atom is -0.379 e. The SMILES string of the molecule is CC(C)c1ccc2c(c1)CC[C@@H]1[C@](C)(CNc3ccc(N4C(=O)C[C@H](c5ccccc5)C4=O)cc3[N+](=O)[O-])CCC[C@]21C. The Morgan fingerprint density at radius 1 is 1.02 bits per heavy atom. The molecule has 1 N–H and O–H groups in total. The number of aryl methyl sites for hydroxylation is 1. The highest BCUT2D eigenvalue weighted by atomic mass is 16.6. The van der Waals surface area contributed by atoms with E-state index in [9.17, 15) is 19.7 Å². The lowest BCUT2D eigenvalue weighted by Gasteiger charge is -2.55. The van der Waals surface area contributed by atoms with Crippen molar-refractivity contribution in [2.75, 3.05) is 16.8 Å². The number of rotatable bonds is 7. The zero-order valence-corrected chi connectivity index (χ0v) is 25.6. The molecule has 1 heterocycles. The van der Waals surface area contributed by atoms with Crippen LogP contribution < -0.4 is 10.2 Å². The van der Waals surface area contributed by atoms with E-state index < -0.39 is 10.8 Å². The Balaban J connectivity index is 1.24. The summed E-state index contributed by atoms with van der Waals surface area (Å²) in [6, 6.07) is 20.9. The normalized spacial score (nSPS) is 26.8. The molecule has 0 aromatic heterocycles. The second kappa shape index (κ2) is 10.9. The Labute approximate surface area is 253 Å². The zero-order valence-electron chi connectivity index (χ0n) is 25.6. The number of imide groups is 1. The molecule has 6 rings (SSSR count). The van der Waals surface area contributed by atoms with Crippen molar-refractivity contribution in [1.82, 2.24) is 0 Å². The van der Waals surface area contributed by atoms with Gasteiger partial charge in [-0.1, -0.05) is 82.6 Å². The molecule has 1 aliphatic heterocycles. The fourth-order valence-corrected chi connectivity index (χ4v) is 8.32. The van der Waals surface area contributed by atoms with Crippen LogP contribution in [0, 0.1) is 21.4 Å². The predicted octanol–water partition coefficient (Wildman–Crippen LogP) is 7.89. The van der Waals surface area contributed by atoms with Crippen LogP contribution in [0.5, 0.6) is 0 Å². The minimum absolute atomic E-state index is 0.0439. The molecule has 224 valence electrons. The van der Waals surface area contributed by atoms with Crippen LogP contribution in [0.4, 0.5) is 17.1 Å². The van der Waals surface area contributed by atoms with Gasteiger partial charge in [0.1, 0.15) is 5.69 Å². The number of nitro groups is 1. The molecule has 43 heavy (non-hydrogen) atoms. The average Bonchev–Trinajstić information content (AvgIpc) is 3.29. The van der Waals surface area contributed by atoms with E-state index in [4.69, 9.17) is 0 Å². The first-order chi connectivity index (χ1) is 20.5. The average molecular weight is 580 g/mol. The molecule has 0 radical (unpaired) electrons. The van der Waals surface area contributed by atoms with Crippen molar-refractivity contribution in [3.8, 4) is 0 Å². The number of fused-ring (bicyclic) bond motifs is 3. The number of benzene rings is 3. The number of anilines is 2. The zero-order chi connectivity index (χ0) is 30.5. The van der Waals surface area contributed by atoms with Gasteiger partial charge in [0, 0.05) is 19.0 Å². The van der Waals surface area contributed by atoms with Gasteiger partial charge >= 0.3 is 0 Å². The number of nitrogens with zero attached hydrogens (tertiary/aromatic N) is 2. The van der Waals surface area contributed by atoms with Gasteiger partial charge in [-0.25, -0.2) is 4.90 Å². The highest BCUT2D eigenvalue weighted by Gasteiger charge is 2.51. The van der Waals surface area contributed by atoms with Crippen LogP contribution in [0.15, 0.2) is 66.7 Å².